The van der Waals surface area contributed by atoms with Crippen LogP contribution in [-0.4, -0.2) is 9.55 Å². The predicted octanol–water partition coefficient (Wildman–Crippen LogP) is 8.73. The van der Waals surface area contributed by atoms with E-state index in [9.17, 15) is 0 Å². The highest BCUT2D eigenvalue weighted by Gasteiger charge is 2.13. The molecule has 0 spiro atoms. The molecule has 0 saturated heterocycles. The zero-order valence-electron chi connectivity index (χ0n) is 20.0. The fourth-order valence-corrected chi connectivity index (χ4v) is 6.02. The Labute approximate surface area is 219 Å². The van der Waals surface area contributed by atoms with Gasteiger partial charge in [-0.3, -0.25) is 0 Å². The van der Waals surface area contributed by atoms with Crippen LogP contribution in [0.3, 0.4) is 0 Å². The van der Waals surface area contributed by atoms with Gasteiger partial charge in [-0.1, -0.05) is 78.5 Å². The quantitative estimate of drug-likeness (QED) is 0.249. The van der Waals surface area contributed by atoms with Crippen LogP contribution < -0.4 is 5.73 Å². The summed E-state index contributed by atoms with van der Waals surface area (Å²) in [7, 11) is 0. The molecule has 0 bridgehead atoms. The van der Waals surface area contributed by atoms with Crippen molar-refractivity contribution in [2.75, 3.05) is 5.73 Å². The number of nitrogen functional groups attached to an aromatic ring is 1. The highest BCUT2D eigenvalue weighted by Crippen LogP contribution is 2.37. The molecule has 7 rings (SSSR count). The fourth-order valence-electron chi connectivity index (χ4n) is 5.06. The van der Waals surface area contributed by atoms with E-state index in [2.05, 4.69) is 120 Å². The van der Waals surface area contributed by atoms with Crippen LogP contribution in [0, 0.1) is 0 Å². The zero-order chi connectivity index (χ0) is 24.8. The molecule has 4 heteroatoms. The van der Waals surface area contributed by atoms with Crippen molar-refractivity contribution in [1.82, 2.24) is 9.55 Å². The van der Waals surface area contributed by atoms with Gasteiger partial charge in [0.1, 0.15) is 0 Å². The lowest BCUT2D eigenvalue weighted by molar-refractivity contribution is 1.18. The van der Waals surface area contributed by atoms with Crippen LogP contribution in [0.2, 0.25) is 0 Å². The van der Waals surface area contributed by atoms with Gasteiger partial charge in [0.15, 0.2) is 0 Å². The number of anilines is 1. The maximum atomic E-state index is 6.38. The molecule has 0 fully saturated rings. The van der Waals surface area contributed by atoms with E-state index >= 15 is 0 Å². The van der Waals surface area contributed by atoms with Crippen molar-refractivity contribution in [3.05, 3.63) is 127 Å². The lowest BCUT2D eigenvalue weighted by Crippen LogP contribution is -1.95. The van der Waals surface area contributed by atoms with Crippen molar-refractivity contribution in [1.29, 1.82) is 0 Å². The maximum absolute atomic E-state index is 6.38. The Bertz CT molecular complexity index is 1850. The molecule has 0 amide bonds. The first-order valence-electron chi connectivity index (χ1n) is 12.3. The monoisotopic (exact) mass is 493 g/mol. The summed E-state index contributed by atoms with van der Waals surface area (Å²) in [6.07, 6.45) is 0. The summed E-state index contributed by atoms with van der Waals surface area (Å²) in [6, 6.07) is 44.4. The number of rotatable bonds is 4. The summed E-state index contributed by atoms with van der Waals surface area (Å²) in [4.78, 5) is 7.34. The first kappa shape index (κ1) is 21.7. The summed E-state index contributed by atoms with van der Waals surface area (Å²) in [5.74, 6) is 0. The van der Waals surface area contributed by atoms with Crippen molar-refractivity contribution < 1.29 is 0 Å². The third-order valence-corrected chi connectivity index (χ3v) is 7.90. The molecule has 0 aliphatic heterocycles. The number of benzene rings is 5. The van der Waals surface area contributed by atoms with Crippen LogP contribution in [0.4, 0.5) is 5.69 Å². The lowest BCUT2D eigenvalue weighted by atomic mass is 10.1. The van der Waals surface area contributed by atoms with E-state index in [1.54, 1.807) is 11.8 Å². The van der Waals surface area contributed by atoms with Gasteiger partial charge in [0.2, 0.25) is 0 Å². The van der Waals surface area contributed by atoms with Gasteiger partial charge in [-0.15, -0.1) is 0 Å². The second-order valence-corrected chi connectivity index (χ2v) is 10.2. The van der Waals surface area contributed by atoms with Crippen LogP contribution in [0.15, 0.2) is 137 Å². The summed E-state index contributed by atoms with van der Waals surface area (Å²) in [6.45, 7) is 0. The molecule has 0 aliphatic rings. The lowest BCUT2D eigenvalue weighted by Gasteiger charge is -2.11. The Morgan fingerprint density at radius 1 is 0.568 bits per heavy atom. The van der Waals surface area contributed by atoms with Gasteiger partial charge in [-0.2, -0.15) is 0 Å². The predicted molar refractivity (Wildman–Crippen MR) is 156 cm³/mol. The Balaban J connectivity index is 1.29. The molecule has 2 aromatic heterocycles. The van der Waals surface area contributed by atoms with E-state index in [1.807, 2.05) is 12.1 Å². The summed E-state index contributed by atoms with van der Waals surface area (Å²) >= 11 is 1.73. The van der Waals surface area contributed by atoms with Gasteiger partial charge in [0.25, 0.3) is 0 Å². The van der Waals surface area contributed by atoms with Crippen molar-refractivity contribution in [2.45, 2.75) is 9.79 Å². The second kappa shape index (κ2) is 8.84. The number of hydrogen-bond acceptors (Lipinski definition) is 3. The van der Waals surface area contributed by atoms with Crippen LogP contribution in [0.25, 0.3) is 49.7 Å². The van der Waals surface area contributed by atoms with E-state index < -0.39 is 0 Å². The molecule has 2 N–H and O–H groups in total. The average Bonchev–Trinajstić information content (AvgIpc) is 3.30. The van der Waals surface area contributed by atoms with E-state index in [1.165, 1.54) is 26.7 Å². The van der Waals surface area contributed by atoms with Crippen molar-refractivity contribution >= 4 is 50.2 Å². The molecule has 0 radical (unpaired) electrons. The molecule has 0 saturated carbocycles. The van der Waals surface area contributed by atoms with Crippen molar-refractivity contribution in [2.24, 2.45) is 0 Å². The second-order valence-electron chi connectivity index (χ2n) is 9.08. The molecule has 5 aromatic carbocycles. The minimum Gasteiger partial charge on any atom is -0.397 e. The van der Waals surface area contributed by atoms with E-state index in [4.69, 9.17) is 10.7 Å². The Morgan fingerprint density at radius 3 is 1.92 bits per heavy atom. The minimum absolute atomic E-state index is 0.691. The minimum atomic E-state index is 0.691. The summed E-state index contributed by atoms with van der Waals surface area (Å²) in [5, 5.41) is 3.59. The van der Waals surface area contributed by atoms with Gasteiger partial charge < -0.3 is 10.3 Å². The van der Waals surface area contributed by atoms with Gasteiger partial charge in [-0.05, 0) is 60.7 Å². The molecular weight excluding hydrogens is 470 g/mol. The SMILES string of the molecule is Nc1ccc(Sc2ccccc2)c2ccc(-c3ccc(-n4c5ccccc5c5ccccc54)cc3)nc12. The third-order valence-electron chi connectivity index (χ3n) is 6.82. The highest BCUT2D eigenvalue weighted by atomic mass is 32.2. The van der Waals surface area contributed by atoms with Crippen molar-refractivity contribution in [3.8, 4) is 16.9 Å². The Hall–Kier alpha value is -4.54. The van der Waals surface area contributed by atoms with E-state index in [-0.39, 0.29) is 0 Å². The van der Waals surface area contributed by atoms with Crippen molar-refractivity contribution in [3.63, 3.8) is 0 Å². The molecule has 0 atom stereocenters. The average molecular weight is 494 g/mol. The molecule has 7 aromatic rings. The largest absolute Gasteiger partial charge is 0.397 e. The fraction of sp³-hybridized carbons (Fsp3) is 0. The molecule has 0 aliphatic carbocycles. The number of pyridine rings is 1. The topological polar surface area (TPSA) is 43.8 Å². The van der Waals surface area contributed by atoms with Gasteiger partial charge in [-0.25, -0.2) is 4.98 Å². The third kappa shape index (κ3) is 3.74. The number of nitrogens with zero attached hydrogens (tertiary/aromatic N) is 2. The summed E-state index contributed by atoms with van der Waals surface area (Å²) < 4.78 is 2.33. The van der Waals surface area contributed by atoms with Gasteiger partial charge in [0, 0.05) is 37.2 Å². The standard InChI is InChI=1S/C33H23N3S/c34-28-19-21-32(37-24-8-2-1-3-9-24)27-18-20-29(35-33(27)28)22-14-16-23(17-15-22)36-30-12-6-4-10-25(30)26-11-5-7-13-31(26)36/h1-21H,34H2. The Morgan fingerprint density at radius 2 is 1.22 bits per heavy atom. The maximum Gasteiger partial charge on any atom is 0.0950 e. The van der Waals surface area contributed by atoms with Gasteiger partial charge >= 0.3 is 0 Å². The number of para-hydroxylation sites is 2. The molecule has 3 nitrogen and oxygen atoms in total. The highest BCUT2D eigenvalue weighted by molar-refractivity contribution is 7.99. The number of fused-ring (bicyclic) bond motifs is 4. The molecule has 176 valence electrons. The number of nitrogens with two attached hydrogens (primary N) is 1. The van der Waals surface area contributed by atoms with Crippen LogP contribution in [0.1, 0.15) is 0 Å². The van der Waals surface area contributed by atoms with Gasteiger partial charge in [0.05, 0.1) is 27.9 Å². The first-order chi connectivity index (χ1) is 18.3. The smallest absolute Gasteiger partial charge is 0.0950 e. The van der Waals surface area contributed by atoms with Crippen LogP contribution in [-0.2, 0) is 0 Å². The summed E-state index contributed by atoms with van der Waals surface area (Å²) in [5.41, 5.74) is 13.4. The van der Waals surface area contributed by atoms with Crippen LogP contribution >= 0.6 is 11.8 Å². The Kier molecular flexibility index (Phi) is 5.19. The van der Waals surface area contributed by atoms with Crippen LogP contribution in [0.5, 0.6) is 0 Å². The van der Waals surface area contributed by atoms with E-state index in [0.29, 0.717) is 5.69 Å². The number of hydrogen-bond donors (Lipinski definition) is 1. The zero-order valence-corrected chi connectivity index (χ0v) is 20.8. The van der Waals surface area contributed by atoms with E-state index in [0.717, 1.165) is 32.7 Å². The molecule has 0 unspecified atom stereocenters. The molecule has 37 heavy (non-hydrogen) atoms. The first-order valence-corrected chi connectivity index (χ1v) is 13.1. The number of aromatic nitrogens is 2. The molecular formula is C33H23N3S. The molecule has 2 heterocycles. The normalized spacial score (nSPS) is 11.5.